The molecule has 1 aliphatic heterocycles. The molecule has 3 aromatic rings. The van der Waals surface area contributed by atoms with Gasteiger partial charge in [0, 0.05) is 37.7 Å². The molecule has 0 saturated carbocycles. The Morgan fingerprint density at radius 1 is 1.12 bits per heavy atom. The Labute approximate surface area is 241 Å². The molecule has 2 amide bonds. The Kier molecular flexibility index (Phi) is 11.3. The van der Waals surface area contributed by atoms with Gasteiger partial charge in [0.2, 0.25) is 17.6 Å². The molecule has 0 aliphatic carbocycles. The first kappa shape index (κ1) is 33.5. The molecule has 3 atom stereocenters. The second kappa shape index (κ2) is 14.5. The van der Waals surface area contributed by atoms with Gasteiger partial charge in [0.25, 0.3) is 0 Å². The first-order valence-electron chi connectivity index (χ1n) is 12.2. The van der Waals surface area contributed by atoms with E-state index in [-0.39, 0.29) is 45.3 Å². The van der Waals surface area contributed by atoms with Crippen LogP contribution in [0.5, 0.6) is 0 Å². The average Bonchev–Trinajstić information content (AvgIpc) is 3.39. The number of amides is 2. The van der Waals surface area contributed by atoms with Crippen molar-refractivity contribution in [1.29, 1.82) is 0 Å². The third-order valence-corrected chi connectivity index (χ3v) is 6.36. The van der Waals surface area contributed by atoms with Crippen molar-refractivity contribution < 1.29 is 56.7 Å². The van der Waals surface area contributed by atoms with E-state index in [1.54, 1.807) is 30.3 Å². The SMILES string of the molecule is NC(=O)C(NC(CC(=O)N1CCn2c(nnc2C(F)(F)F)C1)Cc1cc(F)c(F)cc1F)c1ccccc1.O=[P+]([O-])OO.[HH]. The topological polar surface area (TPSA) is 176 Å². The van der Waals surface area contributed by atoms with E-state index >= 15 is 0 Å². The fraction of sp³-hybridized carbons (Fsp3) is 0.333. The van der Waals surface area contributed by atoms with Crippen LogP contribution >= 0.6 is 8.25 Å². The van der Waals surface area contributed by atoms with E-state index in [0.717, 1.165) is 4.57 Å². The number of rotatable bonds is 9. The minimum atomic E-state index is -4.71. The lowest BCUT2D eigenvalue weighted by molar-refractivity contribution is -0.244. The second-order valence-electron chi connectivity index (χ2n) is 9.09. The number of carbonyl (C=O) groups is 2. The molecule has 0 saturated heterocycles. The molecule has 0 spiro atoms. The van der Waals surface area contributed by atoms with Crippen LogP contribution in [0.25, 0.3) is 0 Å². The lowest BCUT2D eigenvalue weighted by Crippen LogP contribution is -2.46. The molecule has 12 nitrogen and oxygen atoms in total. The molecule has 2 heterocycles. The van der Waals surface area contributed by atoms with Crippen LogP contribution in [-0.4, -0.2) is 49.3 Å². The Morgan fingerprint density at radius 3 is 2.33 bits per heavy atom. The van der Waals surface area contributed by atoms with Gasteiger partial charge in [-0.15, -0.1) is 10.2 Å². The molecule has 1 aromatic heterocycles. The number of halogens is 6. The van der Waals surface area contributed by atoms with E-state index in [1.165, 1.54) is 4.90 Å². The largest absolute Gasteiger partial charge is 0.565 e. The Hall–Kier alpha value is -3.96. The van der Waals surface area contributed by atoms with E-state index < -0.39 is 61.6 Å². The van der Waals surface area contributed by atoms with E-state index in [0.29, 0.717) is 17.7 Å². The maximum atomic E-state index is 14.4. The van der Waals surface area contributed by atoms with Crippen LogP contribution in [0.1, 0.15) is 36.7 Å². The van der Waals surface area contributed by atoms with Crippen LogP contribution in [0.15, 0.2) is 42.5 Å². The third-order valence-electron chi connectivity index (χ3n) is 6.22. The summed E-state index contributed by atoms with van der Waals surface area (Å²) in [7, 11) is -3.04. The van der Waals surface area contributed by atoms with Gasteiger partial charge in [-0.05, 0) is 28.2 Å². The number of benzene rings is 2. The predicted molar refractivity (Wildman–Crippen MR) is 134 cm³/mol. The van der Waals surface area contributed by atoms with Gasteiger partial charge in [-0.2, -0.15) is 13.2 Å². The number of nitrogens with two attached hydrogens (primary N) is 1. The van der Waals surface area contributed by atoms with E-state index in [2.05, 4.69) is 20.2 Å². The molecule has 3 unspecified atom stereocenters. The Morgan fingerprint density at radius 2 is 1.74 bits per heavy atom. The van der Waals surface area contributed by atoms with Gasteiger partial charge < -0.3 is 20.1 Å². The molecular weight excluding hydrogens is 613 g/mol. The molecule has 1 aliphatic rings. The van der Waals surface area contributed by atoms with Crippen molar-refractivity contribution in [1.82, 2.24) is 25.0 Å². The van der Waals surface area contributed by atoms with E-state index in [1.807, 2.05) is 0 Å². The van der Waals surface area contributed by atoms with Crippen molar-refractivity contribution in [2.45, 2.75) is 44.2 Å². The normalized spacial score (nSPS) is 14.7. The molecule has 2 aromatic carbocycles. The highest BCUT2D eigenvalue weighted by Crippen LogP contribution is 2.29. The maximum absolute atomic E-state index is 14.4. The maximum Gasteiger partial charge on any atom is 0.521 e. The van der Waals surface area contributed by atoms with Gasteiger partial charge in [0.05, 0.1) is 6.54 Å². The summed E-state index contributed by atoms with van der Waals surface area (Å²) in [4.78, 5) is 35.6. The minimum absolute atomic E-state index is 0. The van der Waals surface area contributed by atoms with Crippen LogP contribution in [0, 0.1) is 17.5 Å². The number of nitrogens with zero attached hydrogens (tertiary/aromatic N) is 4. The highest BCUT2D eigenvalue weighted by molar-refractivity contribution is 7.30. The summed E-state index contributed by atoms with van der Waals surface area (Å²) in [5, 5.41) is 16.7. The minimum Gasteiger partial charge on any atom is -0.565 e. The summed E-state index contributed by atoms with van der Waals surface area (Å²) in [6.07, 6.45) is -5.40. The van der Waals surface area contributed by atoms with Gasteiger partial charge in [-0.25, -0.2) is 18.4 Å². The molecule has 19 heteroatoms. The number of aromatic nitrogens is 3. The summed E-state index contributed by atoms with van der Waals surface area (Å²) in [5.74, 6) is -6.31. The van der Waals surface area contributed by atoms with Crippen molar-refractivity contribution >= 4 is 20.1 Å². The molecule has 4 rings (SSSR count). The zero-order valence-electron chi connectivity index (χ0n) is 21.8. The van der Waals surface area contributed by atoms with Crippen LogP contribution in [0.4, 0.5) is 26.3 Å². The zero-order chi connectivity index (χ0) is 31.9. The number of primary amides is 1. The van der Waals surface area contributed by atoms with Gasteiger partial charge in [-0.1, -0.05) is 30.3 Å². The number of fused-ring (bicyclic) bond motifs is 1. The monoisotopic (exact) mass is 638 g/mol. The zero-order valence-corrected chi connectivity index (χ0v) is 22.7. The number of hydrogen-bond donors (Lipinski definition) is 3. The van der Waals surface area contributed by atoms with Crippen molar-refractivity contribution in [3.63, 3.8) is 0 Å². The predicted octanol–water partition coefficient (Wildman–Crippen LogP) is 2.61. The summed E-state index contributed by atoms with van der Waals surface area (Å²) in [6.45, 7) is -0.546. The van der Waals surface area contributed by atoms with Crippen molar-refractivity contribution in [3.05, 3.63) is 82.7 Å². The van der Waals surface area contributed by atoms with Gasteiger partial charge in [0.15, 0.2) is 17.5 Å². The van der Waals surface area contributed by atoms with Crippen LogP contribution in [-0.2, 0) is 44.5 Å². The summed E-state index contributed by atoms with van der Waals surface area (Å²) < 4.78 is 93.6. The quantitative estimate of drug-likeness (QED) is 0.105. The van der Waals surface area contributed by atoms with E-state index in [4.69, 9.17) is 20.4 Å². The summed E-state index contributed by atoms with van der Waals surface area (Å²) >= 11 is 0. The summed E-state index contributed by atoms with van der Waals surface area (Å²) in [6, 6.07) is 7.16. The van der Waals surface area contributed by atoms with Crippen LogP contribution in [0.2, 0.25) is 0 Å². The van der Waals surface area contributed by atoms with Crippen molar-refractivity contribution in [3.8, 4) is 0 Å². The molecule has 0 radical (unpaired) electrons. The number of carbonyl (C=O) groups excluding carboxylic acids is 2. The van der Waals surface area contributed by atoms with E-state index in [9.17, 15) is 35.9 Å². The lowest BCUT2D eigenvalue weighted by Gasteiger charge is -2.31. The third kappa shape index (κ3) is 9.01. The number of alkyl halides is 3. The molecule has 0 bridgehead atoms. The fourth-order valence-electron chi connectivity index (χ4n) is 4.32. The van der Waals surface area contributed by atoms with Gasteiger partial charge in [-0.3, -0.25) is 14.9 Å². The average molecular weight is 638 g/mol. The fourth-order valence-corrected chi connectivity index (χ4v) is 4.32. The number of hydrogen-bond acceptors (Lipinski definition) is 9. The highest BCUT2D eigenvalue weighted by atomic mass is 31.1. The smallest absolute Gasteiger partial charge is 0.521 e. The molecule has 43 heavy (non-hydrogen) atoms. The number of nitrogens with one attached hydrogen (secondary N) is 1. The first-order chi connectivity index (χ1) is 20.2. The Bertz CT molecular complexity index is 1470. The first-order valence-corrected chi connectivity index (χ1v) is 13.3. The second-order valence-corrected chi connectivity index (χ2v) is 9.70. The lowest BCUT2D eigenvalue weighted by atomic mass is 9.98. The Balaban J connectivity index is 0.00000104. The van der Waals surface area contributed by atoms with Gasteiger partial charge in [0.1, 0.15) is 11.9 Å². The van der Waals surface area contributed by atoms with Crippen LogP contribution < -0.4 is 15.9 Å². The van der Waals surface area contributed by atoms with Crippen molar-refractivity contribution in [2.75, 3.05) is 6.54 Å². The van der Waals surface area contributed by atoms with Crippen LogP contribution in [0.3, 0.4) is 0 Å². The molecule has 0 fully saturated rings. The summed E-state index contributed by atoms with van der Waals surface area (Å²) in [5.41, 5.74) is 5.76. The molecule has 4 N–H and O–H groups in total. The highest BCUT2D eigenvalue weighted by Gasteiger charge is 2.40. The molecule has 234 valence electrons. The van der Waals surface area contributed by atoms with Gasteiger partial charge >= 0.3 is 14.4 Å². The molecular formula is C24H25F6N6O6P. The van der Waals surface area contributed by atoms with Crippen molar-refractivity contribution in [2.24, 2.45) is 5.73 Å². The standard InChI is InChI=1S/C24H22F6N6O2.HO4P.H2/c25-16-11-18(27)17(26)9-14(16)8-15(32-21(22(31)38)13-4-2-1-3-5-13)10-20(37)35-6-7-36-19(12-35)33-34-23(36)24(28,29)30;1-4-5(2)3;/h1-5,9,11,15,21,32H,6-8,10,12H2,(H2,31,38);1H;1H.